The molecule has 0 bridgehead atoms. The van der Waals surface area contributed by atoms with Crippen molar-refractivity contribution >= 4 is 22.6 Å². The first-order chi connectivity index (χ1) is 14.7. The summed E-state index contributed by atoms with van der Waals surface area (Å²) in [5.74, 6) is -2.15. The molecule has 4 rings (SSSR count). The van der Waals surface area contributed by atoms with E-state index in [0.29, 0.717) is 42.3 Å². The molecule has 0 saturated carbocycles. The van der Waals surface area contributed by atoms with Crippen LogP contribution in [-0.4, -0.2) is 46.5 Å². The van der Waals surface area contributed by atoms with E-state index < -0.39 is 28.6 Å². The molecule has 0 amide bonds. The van der Waals surface area contributed by atoms with Crippen LogP contribution in [-0.2, 0) is 4.79 Å². The monoisotopic (exact) mass is 428 g/mol. The van der Waals surface area contributed by atoms with E-state index in [1.54, 1.807) is 38.1 Å². The van der Waals surface area contributed by atoms with Gasteiger partial charge in [0.05, 0.1) is 10.8 Å². The first kappa shape index (κ1) is 20.9. The smallest absolute Gasteiger partial charge is 0.310 e. The number of nitrogens with one attached hydrogen (secondary N) is 1. The number of aromatic nitrogens is 2. The number of carbonyl (C=O) groups is 1. The summed E-state index contributed by atoms with van der Waals surface area (Å²) in [5, 5.41) is 18.2. The maximum absolute atomic E-state index is 14.5. The lowest BCUT2D eigenvalue weighted by molar-refractivity contribution is -0.148. The Morgan fingerprint density at radius 1 is 1.19 bits per heavy atom. The van der Waals surface area contributed by atoms with Crippen LogP contribution in [0.25, 0.3) is 16.5 Å². The van der Waals surface area contributed by atoms with E-state index in [-0.39, 0.29) is 11.7 Å². The van der Waals surface area contributed by atoms with E-state index >= 15 is 0 Å². The summed E-state index contributed by atoms with van der Waals surface area (Å²) >= 11 is 0. The second kappa shape index (κ2) is 7.73. The Morgan fingerprint density at radius 3 is 2.58 bits per heavy atom. The highest BCUT2D eigenvalue weighted by Crippen LogP contribution is 2.29. The van der Waals surface area contributed by atoms with Gasteiger partial charge in [0.1, 0.15) is 11.5 Å². The third kappa shape index (κ3) is 3.65. The second-order valence-corrected chi connectivity index (χ2v) is 8.16. The number of hydrogen-bond donors (Lipinski definition) is 2. The summed E-state index contributed by atoms with van der Waals surface area (Å²) in [7, 11) is 0. The van der Waals surface area contributed by atoms with Crippen LogP contribution in [0.2, 0.25) is 0 Å². The SMILES string of the molecule is CC(C)(C(=O)O)C1CN(c2nn(-c3ccc(F)cc3F)c(=O)c3ccccc23)CCN1. The minimum Gasteiger partial charge on any atom is -0.481 e. The Kier molecular flexibility index (Phi) is 5.22. The lowest BCUT2D eigenvalue weighted by atomic mass is 9.83. The number of nitrogens with zero attached hydrogens (tertiary/aromatic N) is 3. The first-order valence-corrected chi connectivity index (χ1v) is 9.89. The number of anilines is 1. The lowest BCUT2D eigenvalue weighted by Crippen LogP contribution is -2.59. The van der Waals surface area contributed by atoms with Crippen LogP contribution in [0.5, 0.6) is 0 Å². The van der Waals surface area contributed by atoms with Gasteiger partial charge in [-0.2, -0.15) is 4.68 Å². The maximum atomic E-state index is 14.5. The number of rotatable bonds is 4. The number of piperazine rings is 1. The number of benzene rings is 2. The molecule has 0 spiro atoms. The van der Waals surface area contributed by atoms with Crippen molar-refractivity contribution in [2.24, 2.45) is 5.41 Å². The molecule has 1 fully saturated rings. The highest BCUT2D eigenvalue weighted by Gasteiger charge is 2.39. The third-order valence-corrected chi connectivity index (χ3v) is 5.82. The molecule has 0 radical (unpaired) electrons. The number of aliphatic carboxylic acids is 1. The average Bonchev–Trinajstić information content (AvgIpc) is 2.75. The summed E-state index contributed by atoms with van der Waals surface area (Å²) in [4.78, 5) is 26.7. The van der Waals surface area contributed by atoms with Crippen molar-refractivity contribution in [3.63, 3.8) is 0 Å². The van der Waals surface area contributed by atoms with Crippen molar-refractivity contribution in [2.45, 2.75) is 19.9 Å². The van der Waals surface area contributed by atoms with Crippen molar-refractivity contribution in [3.05, 3.63) is 64.5 Å². The number of halogens is 2. The van der Waals surface area contributed by atoms with Gasteiger partial charge in [-0.3, -0.25) is 9.59 Å². The van der Waals surface area contributed by atoms with Crippen molar-refractivity contribution in [1.29, 1.82) is 0 Å². The first-order valence-electron chi connectivity index (χ1n) is 9.89. The Bertz CT molecular complexity index is 1230. The minimum absolute atomic E-state index is 0.157. The summed E-state index contributed by atoms with van der Waals surface area (Å²) in [5.41, 5.74) is -1.72. The van der Waals surface area contributed by atoms with E-state index in [0.717, 1.165) is 10.7 Å². The maximum Gasteiger partial charge on any atom is 0.310 e. The minimum atomic E-state index is -1.04. The fourth-order valence-electron chi connectivity index (χ4n) is 3.80. The Balaban J connectivity index is 1.87. The molecule has 0 aliphatic carbocycles. The normalized spacial score (nSPS) is 17.2. The van der Waals surface area contributed by atoms with Gasteiger partial charge >= 0.3 is 5.97 Å². The van der Waals surface area contributed by atoms with Crippen LogP contribution in [0, 0.1) is 17.0 Å². The van der Waals surface area contributed by atoms with Crippen molar-refractivity contribution < 1.29 is 18.7 Å². The number of hydrogen-bond acceptors (Lipinski definition) is 5. The third-order valence-electron chi connectivity index (χ3n) is 5.82. The zero-order valence-corrected chi connectivity index (χ0v) is 17.1. The van der Waals surface area contributed by atoms with Gasteiger partial charge < -0.3 is 15.3 Å². The molecule has 9 heteroatoms. The van der Waals surface area contributed by atoms with E-state index in [1.807, 2.05) is 4.90 Å². The standard InChI is InChI=1S/C22H22F2N4O3/c1-22(2,21(30)31)18-12-27(10-9-25-18)19-14-5-3-4-6-15(14)20(29)28(26-19)17-8-7-13(23)11-16(17)24/h3-8,11,18,25H,9-10,12H2,1-2H3,(H,30,31). The average molecular weight is 428 g/mol. The molecule has 1 aliphatic heterocycles. The molecule has 2 N–H and O–H groups in total. The van der Waals surface area contributed by atoms with Crippen LogP contribution < -0.4 is 15.8 Å². The predicted molar refractivity (Wildman–Crippen MR) is 113 cm³/mol. The Labute approximate surface area is 176 Å². The van der Waals surface area contributed by atoms with Gasteiger partial charge in [0, 0.05) is 37.1 Å². The molecule has 3 aromatic rings. The predicted octanol–water partition coefficient (Wildman–Crippen LogP) is 2.55. The zero-order valence-electron chi connectivity index (χ0n) is 17.1. The van der Waals surface area contributed by atoms with Crippen LogP contribution in [0.4, 0.5) is 14.6 Å². The molecule has 1 aliphatic rings. The summed E-state index contributed by atoms with van der Waals surface area (Å²) in [6, 6.07) is 9.43. The van der Waals surface area contributed by atoms with E-state index in [4.69, 9.17) is 0 Å². The Hall–Kier alpha value is -3.33. The van der Waals surface area contributed by atoms with Crippen molar-refractivity contribution in [2.75, 3.05) is 24.5 Å². The molecule has 1 atom stereocenters. The van der Waals surface area contributed by atoms with Crippen LogP contribution >= 0.6 is 0 Å². The molecule has 2 aromatic carbocycles. The van der Waals surface area contributed by atoms with Gasteiger partial charge in [-0.25, -0.2) is 8.78 Å². The van der Waals surface area contributed by atoms with E-state index in [9.17, 15) is 23.5 Å². The van der Waals surface area contributed by atoms with Gasteiger partial charge in [-0.15, -0.1) is 5.10 Å². The van der Waals surface area contributed by atoms with Gasteiger partial charge in [0.2, 0.25) is 0 Å². The summed E-state index contributed by atoms with van der Waals surface area (Å²) < 4.78 is 28.8. The molecule has 1 unspecified atom stereocenters. The highest BCUT2D eigenvalue weighted by atomic mass is 19.1. The van der Waals surface area contributed by atoms with Gasteiger partial charge in [0.25, 0.3) is 5.56 Å². The lowest BCUT2D eigenvalue weighted by Gasteiger charge is -2.40. The van der Waals surface area contributed by atoms with Crippen LogP contribution in [0.3, 0.4) is 0 Å². The quantitative estimate of drug-likeness (QED) is 0.664. The molecule has 1 saturated heterocycles. The molecule has 31 heavy (non-hydrogen) atoms. The van der Waals surface area contributed by atoms with Crippen molar-refractivity contribution in [3.8, 4) is 5.69 Å². The topological polar surface area (TPSA) is 87.5 Å². The molecule has 2 heterocycles. The molecule has 7 nitrogen and oxygen atoms in total. The van der Waals surface area contributed by atoms with E-state index in [2.05, 4.69) is 10.4 Å². The zero-order chi connectivity index (χ0) is 22.3. The Morgan fingerprint density at radius 2 is 1.90 bits per heavy atom. The van der Waals surface area contributed by atoms with Crippen LogP contribution in [0.15, 0.2) is 47.3 Å². The van der Waals surface area contributed by atoms with E-state index in [1.165, 1.54) is 6.07 Å². The largest absolute Gasteiger partial charge is 0.481 e. The fourth-order valence-corrected chi connectivity index (χ4v) is 3.80. The number of carboxylic acid groups (broad SMARTS) is 1. The van der Waals surface area contributed by atoms with Gasteiger partial charge in [0.15, 0.2) is 11.6 Å². The van der Waals surface area contributed by atoms with Gasteiger partial charge in [-0.05, 0) is 32.0 Å². The molecule has 1 aromatic heterocycles. The molecule has 162 valence electrons. The number of fused-ring (bicyclic) bond motifs is 1. The molecular weight excluding hydrogens is 406 g/mol. The highest BCUT2D eigenvalue weighted by molar-refractivity contribution is 5.91. The summed E-state index contributed by atoms with van der Waals surface area (Å²) in [6.07, 6.45) is 0. The number of carboxylic acids is 1. The fraction of sp³-hybridized carbons (Fsp3) is 0.318. The van der Waals surface area contributed by atoms with Gasteiger partial charge in [-0.1, -0.05) is 18.2 Å². The molecular formula is C22H22F2N4O3. The summed E-state index contributed by atoms with van der Waals surface area (Å²) in [6.45, 7) is 4.67. The van der Waals surface area contributed by atoms with Crippen molar-refractivity contribution in [1.82, 2.24) is 15.1 Å². The second-order valence-electron chi connectivity index (χ2n) is 8.16. The van der Waals surface area contributed by atoms with Crippen LogP contribution in [0.1, 0.15) is 13.8 Å².